The number of nitrogens with zero attached hydrogens (tertiary/aromatic N) is 1. The van der Waals surface area contributed by atoms with E-state index < -0.39 is 0 Å². The molecule has 0 aromatic carbocycles. The third-order valence-corrected chi connectivity index (χ3v) is 0.551. The second-order valence-corrected chi connectivity index (χ2v) is 1.40. The van der Waals surface area contributed by atoms with Gasteiger partial charge in [-0.2, -0.15) is 5.26 Å². The molecular formula is C8H19NO2. The Morgan fingerprint density at radius 3 is 2.18 bits per heavy atom. The molecule has 0 unspecified atom stereocenters. The molecule has 0 saturated carbocycles. The molecule has 3 heteroatoms. The van der Waals surface area contributed by atoms with Crippen LogP contribution in [0.3, 0.4) is 0 Å². The smallest absolute Gasteiger partial charge is 0.125 e. The molecule has 3 nitrogen and oxygen atoms in total. The Morgan fingerprint density at radius 1 is 1.64 bits per heavy atom. The Kier molecular flexibility index (Phi) is 34.6. The van der Waals surface area contributed by atoms with E-state index in [1.165, 1.54) is 6.26 Å². The van der Waals surface area contributed by atoms with Crippen molar-refractivity contribution >= 4 is 0 Å². The molecule has 11 heavy (non-hydrogen) atoms. The van der Waals surface area contributed by atoms with Gasteiger partial charge in [0.25, 0.3) is 0 Å². The maximum atomic E-state index is 7.62. The number of rotatable bonds is 2. The Bertz CT molecular complexity index is 104. The first-order valence-electron chi connectivity index (χ1n) is 3.15. The Morgan fingerprint density at radius 2 is 2.09 bits per heavy atom. The largest absolute Gasteiger partial charge is 0.349 e. The Labute approximate surface area is 70.3 Å². The van der Waals surface area contributed by atoms with Crippen molar-refractivity contribution in [1.29, 1.82) is 5.26 Å². The molecule has 0 radical (unpaired) electrons. The summed E-state index contributed by atoms with van der Waals surface area (Å²) in [6, 6.07) is 1.93. The summed E-state index contributed by atoms with van der Waals surface area (Å²) in [4.78, 5) is 3.60. The van der Waals surface area contributed by atoms with Gasteiger partial charge in [-0.1, -0.05) is 21.3 Å². The standard InChI is InChI=1S/C4H8O2.C3H5N.CH4.H2/c1-2-3-4-6-5;1-2-3-4;;/h3-5H,2H2,1H3;2H2,1H3;1H4;1H. The predicted octanol–water partition coefficient (Wildman–Crippen LogP) is 3.20. The molecule has 0 aromatic heterocycles. The van der Waals surface area contributed by atoms with Gasteiger partial charge in [0.1, 0.15) is 6.26 Å². The highest BCUT2D eigenvalue weighted by atomic mass is 17.1. The summed E-state index contributed by atoms with van der Waals surface area (Å²) in [6.45, 7) is 3.77. The van der Waals surface area contributed by atoms with E-state index >= 15 is 0 Å². The quantitative estimate of drug-likeness (QED) is 0.384. The average Bonchev–Trinajstić information content (AvgIpc) is 2.01. The van der Waals surface area contributed by atoms with Gasteiger partial charge >= 0.3 is 0 Å². The van der Waals surface area contributed by atoms with E-state index in [0.29, 0.717) is 6.42 Å². The fraction of sp³-hybridized carbons (Fsp3) is 0.625. The van der Waals surface area contributed by atoms with Crippen LogP contribution >= 0.6 is 0 Å². The van der Waals surface area contributed by atoms with Crippen LogP contribution in [0.4, 0.5) is 0 Å². The lowest BCUT2D eigenvalue weighted by molar-refractivity contribution is -0.186. The van der Waals surface area contributed by atoms with Crippen LogP contribution in [0.2, 0.25) is 0 Å². The zero-order chi connectivity index (χ0) is 8.24. The fourth-order valence-electron chi connectivity index (χ4n) is 0.139. The molecule has 68 valence electrons. The van der Waals surface area contributed by atoms with Crippen molar-refractivity contribution in [3.05, 3.63) is 12.3 Å². The van der Waals surface area contributed by atoms with Crippen LogP contribution in [-0.4, -0.2) is 5.26 Å². The van der Waals surface area contributed by atoms with Gasteiger partial charge in [-0.25, -0.2) is 5.26 Å². The minimum absolute atomic E-state index is 0. The number of nitriles is 1. The molecule has 0 fully saturated rings. The molecule has 0 amide bonds. The monoisotopic (exact) mass is 161 g/mol. The maximum absolute atomic E-state index is 7.62. The zero-order valence-electron chi connectivity index (χ0n) is 6.37. The van der Waals surface area contributed by atoms with Crippen LogP contribution in [0.15, 0.2) is 12.3 Å². The third-order valence-electron chi connectivity index (χ3n) is 0.551. The van der Waals surface area contributed by atoms with Crippen molar-refractivity contribution in [2.45, 2.75) is 34.1 Å². The van der Waals surface area contributed by atoms with Gasteiger partial charge < -0.3 is 4.89 Å². The van der Waals surface area contributed by atoms with Gasteiger partial charge in [-0.15, -0.1) is 0 Å². The summed E-state index contributed by atoms with van der Waals surface area (Å²) in [5.74, 6) is 0. The second-order valence-electron chi connectivity index (χ2n) is 1.40. The van der Waals surface area contributed by atoms with Crippen molar-refractivity contribution in [3.63, 3.8) is 0 Å². The van der Waals surface area contributed by atoms with E-state index in [1.807, 2.05) is 19.9 Å². The highest BCUT2D eigenvalue weighted by molar-refractivity contribution is 4.68. The van der Waals surface area contributed by atoms with Crippen LogP contribution in [-0.2, 0) is 4.89 Å². The van der Waals surface area contributed by atoms with E-state index in [-0.39, 0.29) is 8.85 Å². The summed E-state index contributed by atoms with van der Waals surface area (Å²) in [5.41, 5.74) is 0. The summed E-state index contributed by atoms with van der Waals surface area (Å²) in [6.07, 6.45) is 4.46. The SMILES string of the molecule is C.CCC#N.CCC=COO.[HH]. The molecule has 1 N–H and O–H groups in total. The molecule has 0 aliphatic carbocycles. The lowest BCUT2D eigenvalue weighted by Crippen LogP contribution is -1.62. The van der Waals surface area contributed by atoms with Gasteiger partial charge in [0, 0.05) is 7.85 Å². The first-order valence-corrected chi connectivity index (χ1v) is 3.15. The number of allylic oxidation sites excluding steroid dienone is 1. The van der Waals surface area contributed by atoms with E-state index in [2.05, 4.69) is 4.89 Å². The molecule has 0 rings (SSSR count). The summed E-state index contributed by atoms with van der Waals surface area (Å²) >= 11 is 0. The van der Waals surface area contributed by atoms with Crippen molar-refractivity contribution < 1.29 is 11.6 Å². The van der Waals surface area contributed by atoms with E-state index in [4.69, 9.17) is 10.5 Å². The minimum atomic E-state index is 0. The van der Waals surface area contributed by atoms with Crippen molar-refractivity contribution in [2.75, 3.05) is 0 Å². The summed E-state index contributed by atoms with van der Waals surface area (Å²) in [5, 5.41) is 15.2. The summed E-state index contributed by atoms with van der Waals surface area (Å²) in [7, 11) is 0. The lowest BCUT2D eigenvalue weighted by Gasteiger charge is -1.76. The average molecular weight is 161 g/mol. The van der Waals surface area contributed by atoms with Gasteiger partial charge in [0.05, 0.1) is 6.07 Å². The molecule has 0 atom stereocenters. The topological polar surface area (TPSA) is 53.2 Å². The van der Waals surface area contributed by atoms with Crippen molar-refractivity contribution in [2.24, 2.45) is 0 Å². The highest BCUT2D eigenvalue weighted by Crippen LogP contribution is 1.76. The predicted molar refractivity (Wildman–Crippen MR) is 47.9 cm³/mol. The van der Waals surface area contributed by atoms with Gasteiger partial charge in [-0.05, 0) is 12.5 Å². The normalized spacial score (nSPS) is 7.09. The van der Waals surface area contributed by atoms with Crippen molar-refractivity contribution in [1.82, 2.24) is 0 Å². The molecule has 0 saturated heterocycles. The number of hydrogen-bond donors (Lipinski definition) is 1. The number of hydrogen-bond acceptors (Lipinski definition) is 3. The Balaban J connectivity index is -0.0000000483. The van der Waals surface area contributed by atoms with E-state index in [9.17, 15) is 0 Å². The molecule has 0 aliphatic heterocycles. The Hall–Kier alpha value is -1.01. The van der Waals surface area contributed by atoms with Gasteiger partial charge in [0.2, 0.25) is 0 Å². The van der Waals surface area contributed by atoms with Crippen LogP contribution in [0.25, 0.3) is 0 Å². The van der Waals surface area contributed by atoms with Gasteiger partial charge in [0.15, 0.2) is 0 Å². The molecule has 0 aromatic rings. The summed E-state index contributed by atoms with van der Waals surface area (Å²) < 4.78 is 0. The van der Waals surface area contributed by atoms with E-state index in [0.717, 1.165) is 6.42 Å². The third kappa shape index (κ3) is 49.1. The maximum Gasteiger partial charge on any atom is 0.125 e. The first kappa shape index (κ1) is 16.5. The molecule has 0 bridgehead atoms. The van der Waals surface area contributed by atoms with Crippen LogP contribution in [0.5, 0.6) is 0 Å². The van der Waals surface area contributed by atoms with Crippen molar-refractivity contribution in [3.8, 4) is 6.07 Å². The zero-order valence-corrected chi connectivity index (χ0v) is 6.37. The van der Waals surface area contributed by atoms with Crippen LogP contribution < -0.4 is 0 Å². The van der Waals surface area contributed by atoms with Gasteiger partial charge in [-0.3, -0.25) is 0 Å². The fourth-order valence-corrected chi connectivity index (χ4v) is 0.139. The van der Waals surface area contributed by atoms with E-state index in [1.54, 1.807) is 6.08 Å². The molecule has 0 aliphatic rings. The lowest BCUT2D eigenvalue weighted by atomic mass is 10.5. The van der Waals surface area contributed by atoms with Crippen LogP contribution in [0.1, 0.15) is 35.5 Å². The first-order chi connectivity index (χ1) is 4.83. The molecular weight excluding hydrogens is 142 g/mol. The highest BCUT2D eigenvalue weighted by Gasteiger charge is 1.60. The second kappa shape index (κ2) is 23.0. The van der Waals surface area contributed by atoms with Crippen LogP contribution in [0, 0.1) is 11.3 Å². The minimum Gasteiger partial charge on any atom is -0.349 e. The molecule has 0 spiro atoms. The molecule has 0 heterocycles.